The SMILES string of the molecule is COC(=O)Cn1c(CCNC(=O)c2ccccn2)nc2ccccc21. The fourth-order valence-electron chi connectivity index (χ4n) is 2.56. The molecule has 0 spiro atoms. The molecule has 2 heterocycles. The van der Waals surface area contributed by atoms with E-state index in [0.29, 0.717) is 24.5 Å². The van der Waals surface area contributed by atoms with Gasteiger partial charge in [0.2, 0.25) is 0 Å². The Morgan fingerprint density at radius 3 is 2.72 bits per heavy atom. The number of hydrogen-bond acceptors (Lipinski definition) is 5. The zero-order valence-electron chi connectivity index (χ0n) is 13.8. The van der Waals surface area contributed by atoms with Crippen LogP contribution in [0.1, 0.15) is 16.3 Å². The van der Waals surface area contributed by atoms with Crippen molar-refractivity contribution in [3.8, 4) is 0 Å². The number of methoxy groups -OCH3 is 1. The summed E-state index contributed by atoms with van der Waals surface area (Å²) in [4.78, 5) is 32.3. The number of para-hydroxylation sites is 2. The number of aromatic nitrogens is 3. The third-order valence-corrected chi connectivity index (χ3v) is 3.78. The van der Waals surface area contributed by atoms with Crippen molar-refractivity contribution in [2.75, 3.05) is 13.7 Å². The molecule has 0 aliphatic carbocycles. The number of ether oxygens (including phenoxy) is 1. The monoisotopic (exact) mass is 338 g/mol. The molecule has 3 aromatic rings. The predicted molar refractivity (Wildman–Crippen MR) is 92.0 cm³/mol. The number of nitrogens with zero attached hydrogens (tertiary/aromatic N) is 3. The van der Waals surface area contributed by atoms with E-state index in [9.17, 15) is 9.59 Å². The minimum absolute atomic E-state index is 0.0839. The fraction of sp³-hybridized carbons (Fsp3) is 0.222. The van der Waals surface area contributed by atoms with Crippen LogP contribution < -0.4 is 5.32 Å². The summed E-state index contributed by atoms with van der Waals surface area (Å²) in [5, 5.41) is 2.82. The van der Waals surface area contributed by atoms with Crippen molar-refractivity contribution in [2.45, 2.75) is 13.0 Å². The van der Waals surface area contributed by atoms with Gasteiger partial charge in [0, 0.05) is 19.2 Å². The first-order valence-corrected chi connectivity index (χ1v) is 7.89. The van der Waals surface area contributed by atoms with Crippen LogP contribution in [-0.4, -0.2) is 40.1 Å². The van der Waals surface area contributed by atoms with Crippen LogP contribution in [0.3, 0.4) is 0 Å². The van der Waals surface area contributed by atoms with Crippen molar-refractivity contribution < 1.29 is 14.3 Å². The average molecular weight is 338 g/mol. The zero-order valence-corrected chi connectivity index (χ0v) is 13.8. The molecule has 0 fully saturated rings. The second-order valence-corrected chi connectivity index (χ2v) is 5.40. The number of benzene rings is 1. The van der Waals surface area contributed by atoms with Gasteiger partial charge in [0.1, 0.15) is 18.1 Å². The summed E-state index contributed by atoms with van der Waals surface area (Å²) in [6, 6.07) is 12.8. The van der Waals surface area contributed by atoms with E-state index in [4.69, 9.17) is 4.74 Å². The topological polar surface area (TPSA) is 86.1 Å². The van der Waals surface area contributed by atoms with E-state index in [0.717, 1.165) is 11.0 Å². The highest BCUT2D eigenvalue weighted by atomic mass is 16.5. The summed E-state index contributed by atoms with van der Waals surface area (Å²) in [6.07, 6.45) is 2.06. The maximum absolute atomic E-state index is 12.0. The second kappa shape index (κ2) is 7.57. The Kier molecular flexibility index (Phi) is 5.03. The molecule has 0 saturated heterocycles. The normalized spacial score (nSPS) is 10.6. The van der Waals surface area contributed by atoms with E-state index in [1.807, 2.05) is 28.8 Å². The van der Waals surface area contributed by atoms with Gasteiger partial charge in [0.15, 0.2) is 0 Å². The number of imidazole rings is 1. The molecule has 0 unspecified atom stereocenters. The molecule has 25 heavy (non-hydrogen) atoms. The van der Waals surface area contributed by atoms with E-state index < -0.39 is 0 Å². The maximum atomic E-state index is 12.0. The van der Waals surface area contributed by atoms with Gasteiger partial charge in [-0.2, -0.15) is 0 Å². The molecule has 1 N–H and O–H groups in total. The lowest BCUT2D eigenvalue weighted by atomic mass is 10.3. The Morgan fingerprint density at radius 1 is 1.16 bits per heavy atom. The van der Waals surface area contributed by atoms with Crippen molar-refractivity contribution in [1.82, 2.24) is 19.9 Å². The van der Waals surface area contributed by atoms with E-state index in [1.165, 1.54) is 7.11 Å². The molecule has 0 saturated carbocycles. The molecule has 128 valence electrons. The summed E-state index contributed by atoms with van der Waals surface area (Å²) < 4.78 is 6.58. The summed E-state index contributed by atoms with van der Waals surface area (Å²) in [6.45, 7) is 0.473. The summed E-state index contributed by atoms with van der Waals surface area (Å²) in [7, 11) is 1.36. The van der Waals surface area contributed by atoms with Gasteiger partial charge in [-0.3, -0.25) is 14.6 Å². The molecular formula is C18H18N4O3. The Labute approximate surface area is 144 Å². The van der Waals surface area contributed by atoms with Crippen molar-refractivity contribution >= 4 is 22.9 Å². The van der Waals surface area contributed by atoms with Crippen molar-refractivity contribution in [2.24, 2.45) is 0 Å². The third kappa shape index (κ3) is 3.82. The lowest BCUT2D eigenvalue weighted by molar-refractivity contribution is -0.141. The fourth-order valence-corrected chi connectivity index (χ4v) is 2.56. The van der Waals surface area contributed by atoms with Crippen molar-refractivity contribution in [3.63, 3.8) is 0 Å². The van der Waals surface area contributed by atoms with E-state index >= 15 is 0 Å². The molecule has 1 amide bonds. The highest BCUT2D eigenvalue weighted by Gasteiger charge is 2.14. The number of esters is 1. The van der Waals surface area contributed by atoms with E-state index in [1.54, 1.807) is 24.4 Å². The molecule has 2 aromatic heterocycles. The van der Waals surface area contributed by atoms with Gasteiger partial charge < -0.3 is 14.6 Å². The molecular weight excluding hydrogens is 320 g/mol. The van der Waals surface area contributed by atoms with Gasteiger partial charge in [-0.15, -0.1) is 0 Å². The highest BCUT2D eigenvalue weighted by Crippen LogP contribution is 2.16. The van der Waals surface area contributed by atoms with Gasteiger partial charge in [0.05, 0.1) is 18.1 Å². The second-order valence-electron chi connectivity index (χ2n) is 5.40. The van der Waals surface area contributed by atoms with Gasteiger partial charge in [0.25, 0.3) is 5.91 Å². The first-order valence-electron chi connectivity index (χ1n) is 7.89. The van der Waals surface area contributed by atoms with Crippen LogP contribution in [0.4, 0.5) is 0 Å². The maximum Gasteiger partial charge on any atom is 0.325 e. The molecule has 0 radical (unpaired) electrons. The minimum atomic E-state index is -0.345. The Balaban J connectivity index is 1.73. The molecule has 3 rings (SSSR count). The number of hydrogen-bond donors (Lipinski definition) is 1. The molecule has 0 aliphatic heterocycles. The molecule has 0 aliphatic rings. The number of carbonyl (C=O) groups excluding carboxylic acids is 2. The first-order chi connectivity index (χ1) is 12.2. The van der Waals surface area contributed by atoms with Crippen LogP contribution in [0.15, 0.2) is 48.7 Å². The summed E-state index contributed by atoms with van der Waals surface area (Å²) in [5.74, 6) is 0.131. The van der Waals surface area contributed by atoms with Crippen LogP contribution in [0.25, 0.3) is 11.0 Å². The lowest BCUT2D eigenvalue weighted by Gasteiger charge is -2.08. The van der Waals surface area contributed by atoms with Crippen molar-refractivity contribution in [1.29, 1.82) is 0 Å². The Hall–Kier alpha value is -3.22. The first kappa shape index (κ1) is 16.6. The van der Waals surface area contributed by atoms with E-state index in [-0.39, 0.29) is 18.4 Å². The Morgan fingerprint density at radius 2 is 1.96 bits per heavy atom. The molecule has 0 bridgehead atoms. The van der Waals surface area contributed by atoms with Gasteiger partial charge in [-0.25, -0.2) is 4.98 Å². The number of amides is 1. The average Bonchev–Trinajstić information content (AvgIpc) is 2.99. The quantitative estimate of drug-likeness (QED) is 0.690. The van der Waals surface area contributed by atoms with Gasteiger partial charge in [-0.05, 0) is 24.3 Å². The van der Waals surface area contributed by atoms with Crippen LogP contribution in [0.5, 0.6) is 0 Å². The molecule has 7 heteroatoms. The largest absolute Gasteiger partial charge is 0.468 e. The molecule has 0 atom stereocenters. The number of pyridine rings is 1. The number of carbonyl (C=O) groups is 2. The summed E-state index contributed by atoms with van der Waals surface area (Å²) in [5.41, 5.74) is 2.03. The summed E-state index contributed by atoms with van der Waals surface area (Å²) >= 11 is 0. The third-order valence-electron chi connectivity index (χ3n) is 3.78. The predicted octanol–water partition coefficient (Wildman–Crippen LogP) is 1.58. The molecule has 7 nitrogen and oxygen atoms in total. The van der Waals surface area contributed by atoms with Crippen LogP contribution in [0.2, 0.25) is 0 Å². The standard InChI is InChI=1S/C18H18N4O3/c1-25-17(23)12-22-15-8-3-2-6-13(15)21-16(22)9-11-20-18(24)14-7-4-5-10-19-14/h2-8,10H,9,11-12H2,1H3,(H,20,24). The minimum Gasteiger partial charge on any atom is -0.468 e. The van der Waals surface area contributed by atoms with Crippen LogP contribution >= 0.6 is 0 Å². The lowest BCUT2D eigenvalue weighted by Crippen LogP contribution is -2.27. The smallest absolute Gasteiger partial charge is 0.325 e. The van der Waals surface area contributed by atoms with Crippen LogP contribution in [0, 0.1) is 0 Å². The zero-order chi connectivity index (χ0) is 17.6. The van der Waals surface area contributed by atoms with E-state index in [2.05, 4.69) is 15.3 Å². The van der Waals surface area contributed by atoms with Gasteiger partial charge in [-0.1, -0.05) is 18.2 Å². The van der Waals surface area contributed by atoms with Crippen molar-refractivity contribution in [3.05, 3.63) is 60.2 Å². The number of rotatable bonds is 6. The number of nitrogens with one attached hydrogen (secondary N) is 1. The number of fused-ring (bicyclic) bond motifs is 1. The molecule has 1 aromatic carbocycles. The Bertz CT molecular complexity index is 890. The van der Waals surface area contributed by atoms with Crippen LogP contribution in [-0.2, 0) is 22.5 Å². The van der Waals surface area contributed by atoms with Gasteiger partial charge >= 0.3 is 5.97 Å². The highest BCUT2D eigenvalue weighted by molar-refractivity contribution is 5.92.